The predicted molar refractivity (Wildman–Crippen MR) is 59.4 cm³/mol. The van der Waals surface area contributed by atoms with E-state index < -0.39 is 11.7 Å². The third-order valence-corrected chi connectivity index (χ3v) is 2.53. The van der Waals surface area contributed by atoms with Gasteiger partial charge in [0.1, 0.15) is 0 Å². The summed E-state index contributed by atoms with van der Waals surface area (Å²) in [6.07, 6.45) is -1.03. The summed E-state index contributed by atoms with van der Waals surface area (Å²) < 4.78 is 37.5. The molecule has 0 fully saturated rings. The van der Waals surface area contributed by atoms with Crippen LogP contribution in [0.2, 0.25) is 0 Å². The Morgan fingerprint density at radius 2 is 1.88 bits per heavy atom. The van der Waals surface area contributed by atoms with Crippen molar-refractivity contribution in [1.29, 1.82) is 0 Å². The minimum Gasteiger partial charge on any atom is -0.264 e. The van der Waals surface area contributed by atoms with E-state index >= 15 is 0 Å². The number of pyridine rings is 1. The number of nitrogens with zero attached hydrogens (tertiary/aromatic N) is 1. The van der Waals surface area contributed by atoms with Gasteiger partial charge in [0.15, 0.2) is 0 Å². The van der Waals surface area contributed by atoms with Gasteiger partial charge in [-0.3, -0.25) is 4.98 Å². The standard InChI is InChI=1S/C13H10F3N/c1-9-7-11(13(14,15)16)4-5-12(9)10-3-2-6-17-8-10/h2-8H,1H3. The third kappa shape index (κ3) is 2.46. The second kappa shape index (κ2) is 4.20. The Morgan fingerprint density at radius 3 is 2.41 bits per heavy atom. The normalized spacial score (nSPS) is 11.5. The van der Waals surface area contributed by atoms with Crippen molar-refractivity contribution in [2.75, 3.05) is 0 Å². The lowest BCUT2D eigenvalue weighted by Gasteiger charge is -2.10. The number of aromatic nitrogens is 1. The molecule has 0 spiro atoms. The molecule has 17 heavy (non-hydrogen) atoms. The van der Waals surface area contributed by atoms with E-state index in [1.165, 1.54) is 6.07 Å². The first-order valence-electron chi connectivity index (χ1n) is 5.07. The number of halogens is 3. The molecule has 2 rings (SSSR count). The van der Waals surface area contributed by atoms with Crippen LogP contribution >= 0.6 is 0 Å². The van der Waals surface area contributed by atoms with E-state index in [9.17, 15) is 13.2 Å². The van der Waals surface area contributed by atoms with Gasteiger partial charge in [0.2, 0.25) is 0 Å². The van der Waals surface area contributed by atoms with Crippen molar-refractivity contribution in [3.05, 3.63) is 53.9 Å². The Labute approximate surface area is 96.9 Å². The van der Waals surface area contributed by atoms with Crippen LogP contribution in [0.25, 0.3) is 11.1 Å². The van der Waals surface area contributed by atoms with E-state index in [4.69, 9.17) is 0 Å². The molecule has 4 heteroatoms. The average molecular weight is 237 g/mol. The first kappa shape index (κ1) is 11.6. The van der Waals surface area contributed by atoms with Crippen LogP contribution in [0, 0.1) is 6.92 Å². The maximum atomic E-state index is 12.5. The van der Waals surface area contributed by atoms with Gasteiger partial charge in [-0.25, -0.2) is 0 Å². The Hall–Kier alpha value is -1.84. The summed E-state index contributed by atoms with van der Waals surface area (Å²) in [5, 5.41) is 0. The summed E-state index contributed by atoms with van der Waals surface area (Å²) in [6.45, 7) is 1.66. The summed E-state index contributed by atoms with van der Waals surface area (Å²) in [4.78, 5) is 3.95. The van der Waals surface area contributed by atoms with Crippen LogP contribution in [0.1, 0.15) is 11.1 Å². The highest BCUT2D eigenvalue weighted by molar-refractivity contribution is 5.66. The zero-order chi connectivity index (χ0) is 12.5. The van der Waals surface area contributed by atoms with Gasteiger partial charge in [-0.2, -0.15) is 13.2 Å². The molecule has 1 heterocycles. The highest BCUT2D eigenvalue weighted by Gasteiger charge is 2.30. The third-order valence-electron chi connectivity index (χ3n) is 2.53. The number of rotatable bonds is 1. The molecule has 0 saturated heterocycles. The van der Waals surface area contributed by atoms with E-state index in [-0.39, 0.29) is 0 Å². The van der Waals surface area contributed by atoms with Crippen molar-refractivity contribution >= 4 is 0 Å². The Morgan fingerprint density at radius 1 is 1.12 bits per heavy atom. The number of hydrogen-bond acceptors (Lipinski definition) is 1. The van der Waals surface area contributed by atoms with E-state index in [0.717, 1.165) is 23.3 Å². The summed E-state index contributed by atoms with van der Waals surface area (Å²) in [5.74, 6) is 0. The highest BCUT2D eigenvalue weighted by Crippen LogP contribution is 2.32. The molecule has 1 nitrogen and oxygen atoms in total. The number of hydrogen-bond donors (Lipinski definition) is 0. The lowest BCUT2D eigenvalue weighted by Crippen LogP contribution is -2.05. The van der Waals surface area contributed by atoms with Crippen LogP contribution in [0.15, 0.2) is 42.7 Å². The molecular formula is C13H10F3N. The Bertz CT molecular complexity index is 518. The molecule has 2 aromatic rings. The maximum absolute atomic E-state index is 12.5. The van der Waals surface area contributed by atoms with Crippen LogP contribution in [-0.2, 0) is 6.18 Å². The molecule has 0 bridgehead atoms. The van der Waals surface area contributed by atoms with Gasteiger partial charge in [0.05, 0.1) is 5.56 Å². The molecule has 0 aliphatic carbocycles. The van der Waals surface area contributed by atoms with Crippen molar-refractivity contribution in [3.63, 3.8) is 0 Å². The van der Waals surface area contributed by atoms with Crippen molar-refractivity contribution < 1.29 is 13.2 Å². The van der Waals surface area contributed by atoms with E-state index in [0.29, 0.717) is 5.56 Å². The largest absolute Gasteiger partial charge is 0.416 e. The second-order valence-corrected chi connectivity index (χ2v) is 3.77. The van der Waals surface area contributed by atoms with Crippen molar-refractivity contribution in [2.45, 2.75) is 13.1 Å². The topological polar surface area (TPSA) is 12.9 Å². The average Bonchev–Trinajstić information content (AvgIpc) is 2.29. The number of benzene rings is 1. The van der Waals surface area contributed by atoms with Gasteiger partial charge in [0.25, 0.3) is 0 Å². The monoisotopic (exact) mass is 237 g/mol. The second-order valence-electron chi connectivity index (χ2n) is 3.77. The maximum Gasteiger partial charge on any atom is 0.416 e. The van der Waals surface area contributed by atoms with Gasteiger partial charge in [0, 0.05) is 18.0 Å². The molecule has 0 N–H and O–H groups in total. The van der Waals surface area contributed by atoms with Gasteiger partial charge >= 0.3 is 6.18 Å². The molecule has 1 aromatic heterocycles. The highest BCUT2D eigenvalue weighted by atomic mass is 19.4. The van der Waals surface area contributed by atoms with Crippen LogP contribution in [0.5, 0.6) is 0 Å². The fourth-order valence-corrected chi connectivity index (χ4v) is 1.69. The lowest BCUT2D eigenvalue weighted by molar-refractivity contribution is -0.137. The van der Waals surface area contributed by atoms with E-state index in [1.54, 1.807) is 25.4 Å². The number of alkyl halides is 3. The molecule has 0 amide bonds. The summed E-state index contributed by atoms with van der Waals surface area (Å²) in [6, 6.07) is 7.31. The molecule has 0 unspecified atom stereocenters. The van der Waals surface area contributed by atoms with Gasteiger partial charge in [-0.15, -0.1) is 0 Å². The van der Waals surface area contributed by atoms with Gasteiger partial charge in [-0.1, -0.05) is 12.1 Å². The quantitative estimate of drug-likeness (QED) is 0.728. The molecule has 0 radical (unpaired) electrons. The molecule has 0 aliphatic rings. The first-order valence-corrected chi connectivity index (χ1v) is 5.07. The summed E-state index contributed by atoms with van der Waals surface area (Å²) in [5.41, 5.74) is 1.56. The molecule has 1 aromatic carbocycles. The predicted octanol–water partition coefficient (Wildman–Crippen LogP) is 4.08. The van der Waals surface area contributed by atoms with Crippen molar-refractivity contribution in [3.8, 4) is 11.1 Å². The lowest BCUT2D eigenvalue weighted by atomic mass is 9.99. The minimum absolute atomic E-state index is 0.591. The summed E-state index contributed by atoms with van der Waals surface area (Å²) >= 11 is 0. The van der Waals surface area contributed by atoms with Crippen molar-refractivity contribution in [2.24, 2.45) is 0 Å². The van der Waals surface area contributed by atoms with Gasteiger partial charge in [-0.05, 0) is 36.2 Å². The molecule has 0 atom stereocenters. The Balaban J connectivity index is 2.46. The molecule has 0 saturated carbocycles. The van der Waals surface area contributed by atoms with Crippen LogP contribution < -0.4 is 0 Å². The fraction of sp³-hybridized carbons (Fsp3) is 0.154. The summed E-state index contributed by atoms with van der Waals surface area (Å²) in [7, 11) is 0. The first-order chi connectivity index (χ1) is 7.98. The van der Waals surface area contributed by atoms with E-state index in [1.807, 2.05) is 6.07 Å². The zero-order valence-electron chi connectivity index (χ0n) is 9.12. The van der Waals surface area contributed by atoms with Crippen LogP contribution in [0.3, 0.4) is 0 Å². The van der Waals surface area contributed by atoms with Gasteiger partial charge < -0.3 is 0 Å². The smallest absolute Gasteiger partial charge is 0.264 e. The SMILES string of the molecule is Cc1cc(C(F)(F)F)ccc1-c1cccnc1. The molecular weight excluding hydrogens is 227 g/mol. The molecule has 0 aliphatic heterocycles. The van der Waals surface area contributed by atoms with E-state index in [2.05, 4.69) is 4.98 Å². The zero-order valence-corrected chi connectivity index (χ0v) is 9.12. The minimum atomic E-state index is -4.29. The number of aryl methyl sites for hydroxylation is 1. The fourth-order valence-electron chi connectivity index (χ4n) is 1.69. The molecule has 88 valence electrons. The van der Waals surface area contributed by atoms with Crippen molar-refractivity contribution in [1.82, 2.24) is 4.98 Å². The van der Waals surface area contributed by atoms with Crippen LogP contribution in [0.4, 0.5) is 13.2 Å². The Kier molecular flexibility index (Phi) is 2.88. The van der Waals surface area contributed by atoms with Crippen LogP contribution in [-0.4, -0.2) is 4.98 Å².